The summed E-state index contributed by atoms with van der Waals surface area (Å²) in [6, 6.07) is 20.5. The third kappa shape index (κ3) is 5.19. The van der Waals surface area contributed by atoms with Gasteiger partial charge in [-0.3, -0.25) is 19.9 Å². The van der Waals surface area contributed by atoms with Crippen LogP contribution in [-0.4, -0.2) is 27.8 Å². The number of nitrogens with zero attached hydrogens (tertiary/aromatic N) is 4. The molecule has 0 bridgehead atoms. The van der Waals surface area contributed by atoms with Gasteiger partial charge in [-0.2, -0.15) is 5.10 Å². The summed E-state index contributed by atoms with van der Waals surface area (Å²) in [6.07, 6.45) is 0. The lowest BCUT2D eigenvalue weighted by Crippen LogP contribution is -2.25. The summed E-state index contributed by atoms with van der Waals surface area (Å²) in [5.74, 6) is 0.391. The van der Waals surface area contributed by atoms with Crippen LogP contribution in [0.25, 0.3) is 11.3 Å². The molecule has 1 aromatic heterocycles. The predicted molar refractivity (Wildman–Crippen MR) is 143 cm³/mol. The molecular formula is C27H23N5O4S. The average molecular weight is 514 g/mol. The van der Waals surface area contributed by atoms with Gasteiger partial charge in [0.1, 0.15) is 5.75 Å². The standard InChI is InChI=1S/C27H23N5O4S/c1-17-8-9-20(13-23(17)32(34)35)18(2)30-31-24(16-37-27(31)28-14-19-6-4-3-5-7-19)21-10-11-25-22(12-21)29-26(33)15-36-25/h3-13,16H,14-15H2,1-2H3,(H,29,33). The third-order valence-corrected chi connectivity index (χ3v) is 6.76. The van der Waals surface area contributed by atoms with Gasteiger partial charge in [-0.1, -0.05) is 42.5 Å². The maximum Gasteiger partial charge on any atom is 0.272 e. The van der Waals surface area contributed by atoms with Crippen molar-refractivity contribution in [2.24, 2.45) is 10.1 Å². The highest BCUT2D eigenvalue weighted by atomic mass is 32.1. The zero-order chi connectivity index (χ0) is 25.9. The van der Waals surface area contributed by atoms with Crippen molar-refractivity contribution >= 4 is 34.3 Å². The first-order valence-electron chi connectivity index (χ1n) is 11.5. The quantitative estimate of drug-likeness (QED) is 0.219. The second-order valence-electron chi connectivity index (χ2n) is 8.51. The molecule has 0 atom stereocenters. The monoisotopic (exact) mass is 513 g/mol. The summed E-state index contributed by atoms with van der Waals surface area (Å²) in [5, 5.41) is 21.1. The van der Waals surface area contributed by atoms with E-state index >= 15 is 0 Å². The molecule has 37 heavy (non-hydrogen) atoms. The van der Waals surface area contributed by atoms with Gasteiger partial charge >= 0.3 is 0 Å². The van der Waals surface area contributed by atoms with E-state index in [1.54, 1.807) is 17.7 Å². The molecule has 3 aromatic carbocycles. The van der Waals surface area contributed by atoms with E-state index in [1.165, 1.54) is 17.4 Å². The average Bonchev–Trinajstić information content (AvgIpc) is 3.29. The van der Waals surface area contributed by atoms with Crippen LogP contribution in [0, 0.1) is 17.0 Å². The number of carbonyl (C=O) groups excluding carboxylic acids is 1. The van der Waals surface area contributed by atoms with Crippen LogP contribution in [0.5, 0.6) is 5.75 Å². The summed E-state index contributed by atoms with van der Waals surface area (Å²) in [7, 11) is 0. The predicted octanol–water partition coefficient (Wildman–Crippen LogP) is 5.14. The number of ether oxygens (including phenoxy) is 1. The summed E-state index contributed by atoms with van der Waals surface area (Å²) in [5.41, 5.74) is 5.09. The Balaban J connectivity index is 1.62. The molecule has 0 saturated heterocycles. The van der Waals surface area contributed by atoms with E-state index in [1.807, 2.05) is 66.9 Å². The molecule has 4 aromatic rings. The third-order valence-electron chi connectivity index (χ3n) is 5.91. The van der Waals surface area contributed by atoms with Gasteiger partial charge in [0.25, 0.3) is 11.6 Å². The smallest absolute Gasteiger partial charge is 0.272 e. The molecular weight excluding hydrogens is 490 g/mol. The van der Waals surface area contributed by atoms with Crippen LogP contribution in [-0.2, 0) is 11.3 Å². The molecule has 0 unspecified atom stereocenters. The highest BCUT2D eigenvalue weighted by Crippen LogP contribution is 2.33. The molecule has 1 aliphatic heterocycles. The molecule has 1 N–H and O–H groups in total. The SMILES string of the molecule is CC(=Nn1c(-c2ccc3c(c2)NC(=O)CO3)csc1=NCc1ccccc1)c1ccc(C)c([N+](=O)[O-])c1. The van der Waals surface area contributed by atoms with Gasteiger partial charge in [-0.05, 0) is 37.6 Å². The van der Waals surface area contributed by atoms with Crippen molar-refractivity contribution in [3.63, 3.8) is 0 Å². The maximum atomic E-state index is 11.8. The van der Waals surface area contributed by atoms with E-state index in [0.29, 0.717) is 39.6 Å². The second kappa shape index (κ2) is 10.2. The molecule has 186 valence electrons. The van der Waals surface area contributed by atoms with Gasteiger partial charge in [0, 0.05) is 28.1 Å². The van der Waals surface area contributed by atoms with E-state index in [4.69, 9.17) is 14.8 Å². The summed E-state index contributed by atoms with van der Waals surface area (Å²) >= 11 is 1.44. The van der Waals surface area contributed by atoms with Crippen LogP contribution in [0.2, 0.25) is 0 Å². The number of rotatable bonds is 6. The fourth-order valence-corrected chi connectivity index (χ4v) is 4.76. The number of amides is 1. The number of benzene rings is 3. The van der Waals surface area contributed by atoms with Gasteiger partial charge in [0.2, 0.25) is 4.80 Å². The van der Waals surface area contributed by atoms with E-state index < -0.39 is 0 Å². The number of carbonyl (C=O) groups is 1. The first kappa shape index (κ1) is 24.1. The minimum Gasteiger partial charge on any atom is -0.482 e. The molecule has 5 rings (SSSR count). The first-order valence-corrected chi connectivity index (χ1v) is 12.4. The molecule has 0 aliphatic carbocycles. The molecule has 0 saturated carbocycles. The summed E-state index contributed by atoms with van der Waals surface area (Å²) < 4.78 is 7.23. The van der Waals surface area contributed by atoms with Crippen molar-refractivity contribution in [1.29, 1.82) is 0 Å². The zero-order valence-electron chi connectivity index (χ0n) is 20.2. The van der Waals surface area contributed by atoms with Crippen LogP contribution in [0.1, 0.15) is 23.6 Å². The van der Waals surface area contributed by atoms with E-state index in [9.17, 15) is 14.9 Å². The summed E-state index contributed by atoms with van der Waals surface area (Å²) in [6.45, 7) is 3.98. The molecule has 1 aliphatic rings. The molecule has 2 heterocycles. The largest absolute Gasteiger partial charge is 0.482 e. The fourth-order valence-electron chi connectivity index (χ4n) is 3.93. The number of nitro benzene ring substituents is 1. The molecule has 0 fully saturated rings. The highest BCUT2D eigenvalue weighted by molar-refractivity contribution is 7.07. The number of aryl methyl sites for hydroxylation is 1. The zero-order valence-corrected chi connectivity index (χ0v) is 21.0. The molecule has 1 amide bonds. The van der Waals surface area contributed by atoms with Gasteiger partial charge in [0.15, 0.2) is 6.61 Å². The van der Waals surface area contributed by atoms with Crippen LogP contribution in [0.4, 0.5) is 11.4 Å². The Bertz CT molecular complexity index is 1600. The Labute approximate surface area is 216 Å². The van der Waals surface area contributed by atoms with E-state index in [0.717, 1.165) is 16.8 Å². The Morgan fingerprint density at radius 2 is 1.97 bits per heavy atom. The van der Waals surface area contributed by atoms with Crippen molar-refractivity contribution in [1.82, 2.24) is 4.68 Å². The van der Waals surface area contributed by atoms with Crippen LogP contribution in [0.3, 0.4) is 0 Å². The maximum absolute atomic E-state index is 11.8. The lowest BCUT2D eigenvalue weighted by molar-refractivity contribution is -0.385. The van der Waals surface area contributed by atoms with Crippen LogP contribution < -0.4 is 14.9 Å². The van der Waals surface area contributed by atoms with Crippen LogP contribution >= 0.6 is 11.3 Å². The molecule has 10 heteroatoms. The summed E-state index contributed by atoms with van der Waals surface area (Å²) in [4.78, 5) is 28.4. The number of hydrogen-bond donors (Lipinski definition) is 1. The Kier molecular flexibility index (Phi) is 6.65. The van der Waals surface area contributed by atoms with E-state index in [-0.39, 0.29) is 23.1 Å². The van der Waals surface area contributed by atoms with Crippen molar-refractivity contribution < 1.29 is 14.5 Å². The number of fused-ring (bicyclic) bond motifs is 1. The van der Waals surface area contributed by atoms with Gasteiger partial charge in [-0.15, -0.1) is 11.3 Å². The normalized spacial score (nSPS) is 13.6. The molecule has 9 nitrogen and oxygen atoms in total. The van der Waals surface area contributed by atoms with Crippen LogP contribution in [0.15, 0.2) is 82.2 Å². The number of nitro groups is 1. The topological polar surface area (TPSA) is 111 Å². The Morgan fingerprint density at radius 3 is 2.76 bits per heavy atom. The van der Waals surface area contributed by atoms with Gasteiger partial charge in [-0.25, -0.2) is 4.68 Å². The lowest BCUT2D eigenvalue weighted by atomic mass is 10.1. The minimum atomic E-state index is -0.390. The van der Waals surface area contributed by atoms with Crippen molar-refractivity contribution in [2.75, 3.05) is 11.9 Å². The second-order valence-corrected chi connectivity index (χ2v) is 9.35. The van der Waals surface area contributed by atoms with E-state index in [2.05, 4.69) is 5.32 Å². The van der Waals surface area contributed by atoms with Crippen molar-refractivity contribution in [3.05, 3.63) is 104 Å². The molecule has 0 radical (unpaired) electrons. The highest BCUT2D eigenvalue weighted by Gasteiger charge is 2.18. The van der Waals surface area contributed by atoms with Gasteiger partial charge in [0.05, 0.1) is 28.6 Å². The Morgan fingerprint density at radius 1 is 1.16 bits per heavy atom. The van der Waals surface area contributed by atoms with Gasteiger partial charge < -0.3 is 10.1 Å². The number of hydrogen-bond acceptors (Lipinski definition) is 7. The lowest BCUT2D eigenvalue weighted by Gasteiger charge is -2.18. The number of aromatic nitrogens is 1. The number of anilines is 1. The fraction of sp³-hybridized carbons (Fsp3) is 0.148. The first-order chi connectivity index (χ1) is 17.9. The van der Waals surface area contributed by atoms with Crippen molar-refractivity contribution in [2.45, 2.75) is 20.4 Å². The van der Waals surface area contributed by atoms with Crippen molar-refractivity contribution in [3.8, 4) is 17.0 Å². The minimum absolute atomic E-state index is 0.0144. The Hall–Kier alpha value is -4.57. The number of thiazole rings is 1. The number of nitrogens with one attached hydrogen (secondary N) is 1. The molecule has 0 spiro atoms.